The maximum atomic E-state index is 12.5. The van der Waals surface area contributed by atoms with Gasteiger partial charge in [-0.05, 0) is 36.2 Å². The Bertz CT molecular complexity index is 1020. The van der Waals surface area contributed by atoms with Gasteiger partial charge < -0.3 is 4.90 Å². The number of nitrogens with zero attached hydrogens (tertiary/aromatic N) is 2. The van der Waals surface area contributed by atoms with E-state index >= 15 is 0 Å². The van der Waals surface area contributed by atoms with Crippen LogP contribution in [0.25, 0.3) is 0 Å². The van der Waals surface area contributed by atoms with Crippen LogP contribution in [0.4, 0.5) is 17.1 Å². The predicted octanol–water partition coefficient (Wildman–Crippen LogP) is 2.94. The fraction of sp³-hybridized carbons (Fsp3) is 0.278. The number of amides is 1. The number of rotatable bonds is 5. The summed E-state index contributed by atoms with van der Waals surface area (Å²) in [6.07, 6.45) is 0.639. The Kier molecular flexibility index (Phi) is 4.88. The van der Waals surface area contributed by atoms with Gasteiger partial charge in [0, 0.05) is 36.0 Å². The van der Waals surface area contributed by atoms with Crippen LogP contribution in [0.15, 0.2) is 47.4 Å². The lowest BCUT2D eigenvalue weighted by atomic mass is 10.1. The first kappa shape index (κ1) is 18.8. The van der Waals surface area contributed by atoms with Gasteiger partial charge in [-0.3, -0.25) is 19.6 Å². The first-order valence-electron chi connectivity index (χ1n) is 8.40. The number of fused-ring (bicyclic) bond motifs is 1. The maximum Gasteiger partial charge on any atom is 0.270 e. The molecule has 1 amide bonds. The molecule has 8 nitrogen and oxygen atoms in total. The predicted molar refractivity (Wildman–Crippen MR) is 101 cm³/mol. The van der Waals surface area contributed by atoms with Gasteiger partial charge >= 0.3 is 0 Å². The standard InChI is InChI=1S/C18H19N3O5S/c1-12(2)18(22)20-9-8-13-10-14(6-7-17(13)20)19-27(25,26)16-5-3-4-15(11-16)21(23)24/h3-7,10-12,19H,8-9H2,1-2H3. The van der Waals surface area contributed by atoms with Crippen LogP contribution in [-0.4, -0.2) is 25.8 Å². The molecule has 142 valence electrons. The quantitative estimate of drug-likeness (QED) is 0.624. The molecule has 0 bridgehead atoms. The Hall–Kier alpha value is -2.94. The van der Waals surface area contributed by atoms with Gasteiger partial charge in [-0.15, -0.1) is 0 Å². The minimum absolute atomic E-state index is 0.0266. The van der Waals surface area contributed by atoms with Crippen molar-refractivity contribution < 1.29 is 18.1 Å². The van der Waals surface area contributed by atoms with Gasteiger partial charge in [-0.2, -0.15) is 0 Å². The number of carbonyl (C=O) groups excluding carboxylic acids is 1. The van der Waals surface area contributed by atoms with Crippen molar-refractivity contribution in [3.63, 3.8) is 0 Å². The van der Waals surface area contributed by atoms with Gasteiger partial charge in [0.05, 0.1) is 9.82 Å². The molecule has 0 atom stereocenters. The van der Waals surface area contributed by atoms with E-state index in [-0.39, 0.29) is 22.4 Å². The van der Waals surface area contributed by atoms with Crippen molar-refractivity contribution in [2.45, 2.75) is 25.2 Å². The highest BCUT2D eigenvalue weighted by Gasteiger charge is 2.27. The SMILES string of the molecule is CC(C)C(=O)N1CCc2cc(NS(=O)(=O)c3cccc([N+](=O)[O-])c3)ccc21. The van der Waals surface area contributed by atoms with Gasteiger partial charge in [0.2, 0.25) is 5.91 Å². The molecule has 0 aromatic heterocycles. The van der Waals surface area contributed by atoms with Gasteiger partial charge in [-0.1, -0.05) is 19.9 Å². The van der Waals surface area contributed by atoms with Crippen LogP contribution in [0.5, 0.6) is 0 Å². The largest absolute Gasteiger partial charge is 0.312 e. The summed E-state index contributed by atoms with van der Waals surface area (Å²) >= 11 is 0. The molecule has 0 spiro atoms. The smallest absolute Gasteiger partial charge is 0.270 e. The third-order valence-corrected chi connectivity index (χ3v) is 5.70. The third kappa shape index (κ3) is 3.77. The van der Waals surface area contributed by atoms with Crippen molar-refractivity contribution in [1.29, 1.82) is 0 Å². The van der Waals surface area contributed by atoms with Crippen molar-refractivity contribution in [2.24, 2.45) is 5.92 Å². The van der Waals surface area contributed by atoms with E-state index in [1.54, 1.807) is 23.1 Å². The monoisotopic (exact) mass is 389 g/mol. The summed E-state index contributed by atoms with van der Waals surface area (Å²) in [6.45, 7) is 4.23. The van der Waals surface area contributed by atoms with Gasteiger partial charge in [0.15, 0.2) is 0 Å². The van der Waals surface area contributed by atoms with E-state index in [2.05, 4.69) is 4.72 Å². The highest BCUT2D eigenvalue weighted by atomic mass is 32.2. The van der Waals surface area contributed by atoms with E-state index in [4.69, 9.17) is 0 Å². The van der Waals surface area contributed by atoms with Crippen LogP contribution >= 0.6 is 0 Å². The van der Waals surface area contributed by atoms with E-state index in [0.717, 1.165) is 17.3 Å². The second kappa shape index (κ2) is 6.99. The second-order valence-corrected chi connectivity index (χ2v) is 8.28. The van der Waals surface area contributed by atoms with Crippen molar-refractivity contribution in [2.75, 3.05) is 16.2 Å². The Morgan fingerprint density at radius 2 is 1.96 bits per heavy atom. The van der Waals surface area contributed by atoms with Gasteiger partial charge in [-0.25, -0.2) is 8.42 Å². The summed E-state index contributed by atoms with van der Waals surface area (Å²) in [5, 5.41) is 10.9. The maximum absolute atomic E-state index is 12.5. The molecule has 0 unspecified atom stereocenters. The summed E-state index contributed by atoms with van der Waals surface area (Å²) in [5.74, 6) is -0.0957. The summed E-state index contributed by atoms with van der Waals surface area (Å²) in [6, 6.07) is 9.86. The van der Waals surface area contributed by atoms with E-state index in [0.29, 0.717) is 18.7 Å². The van der Waals surface area contributed by atoms with Gasteiger partial charge in [0.25, 0.3) is 15.7 Å². The van der Waals surface area contributed by atoms with Crippen molar-refractivity contribution in [3.05, 3.63) is 58.1 Å². The minimum atomic E-state index is -3.97. The minimum Gasteiger partial charge on any atom is -0.312 e. The van der Waals surface area contributed by atoms with Crippen molar-refractivity contribution in [3.8, 4) is 0 Å². The molecule has 1 aliphatic rings. The molecule has 2 aromatic rings. The number of benzene rings is 2. The third-order valence-electron chi connectivity index (χ3n) is 4.33. The van der Waals surface area contributed by atoms with Crippen molar-refractivity contribution in [1.82, 2.24) is 0 Å². The molecule has 1 heterocycles. The number of hydrogen-bond donors (Lipinski definition) is 1. The van der Waals surface area contributed by atoms with Crippen molar-refractivity contribution >= 4 is 33.0 Å². The van der Waals surface area contributed by atoms with Crippen LogP contribution in [0.2, 0.25) is 0 Å². The van der Waals surface area contributed by atoms with E-state index in [1.807, 2.05) is 13.8 Å². The van der Waals surface area contributed by atoms with Crippen LogP contribution in [0.1, 0.15) is 19.4 Å². The number of anilines is 2. The average molecular weight is 389 g/mol. The Morgan fingerprint density at radius 3 is 2.63 bits per heavy atom. The molecular weight excluding hydrogens is 370 g/mol. The van der Waals surface area contributed by atoms with Crippen LogP contribution in [0.3, 0.4) is 0 Å². The zero-order valence-electron chi connectivity index (χ0n) is 14.9. The zero-order valence-corrected chi connectivity index (χ0v) is 15.7. The van der Waals surface area contributed by atoms with Crippen LogP contribution in [0, 0.1) is 16.0 Å². The average Bonchev–Trinajstić information content (AvgIpc) is 3.03. The molecule has 0 saturated carbocycles. The van der Waals surface area contributed by atoms with Crippen LogP contribution in [-0.2, 0) is 21.2 Å². The Labute approximate surface area is 157 Å². The summed E-state index contributed by atoms with van der Waals surface area (Å²) in [7, 11) is -3.97. The highest BCUT2D eigenvalue weighted by Crippen LogP contribution is 2.32. The number of hydrogen-bond acceptors (Lipinski definition) is 5. The highest BCUT2D eigenvalue weighted by molar-refractivity contribution is 7.92. The summed E-state index contributed by atoms with van der Waals surface area (Å²) < 4.78 is 27.5. The Balaban J connectivity index is 1.86. The molecule has 3 rings (SSSR count). The van der Waals surface area contributed by atoms with E-state index < -0.39 is 14.9 Å². The molecule has 1 N–H and O–H groups in total. The summed E-state index contributed by atoms with van der Waals surface area (Å²) in [4.78, 5) is 24.0. The van der Waals surface area contributed by atoms with E-state index in [1.165, 1.54) is 18.2 Å². The lowest BCUT2D eigenvalue weighted by molar-refractivity contribution is -0.385. The summed E-state index contributed by atoms with van der Waals surface area (Å²) in [5.41, 5.74) is 1.71. The number of nitro groups is 1. The lowest BCUT2D eigenvalue weighted by Gasteiger charge is -2.19. The number of nitrogens with one attached hydrogen (secondary N) is 1. The normalized spacial score (nSPS) is 13.5. The van der Waals surface area contributed by atoms with Gasteiger partial charge in [0.1, 0.15) is 0 Å². The molecule has 0 aliphatic carbocycles. The number of sulfonamides is 1. The first-order valence-corrected chi connectivity index (χ1v) is 9.89. The Morgan fingerprint density at radius 1 is 1.22 bits per heavy atom. The molecule has 1 aliphatic heterocycles. The van der Waals surface area contributed by atoms with E-state index in [9.17, 15) is 23.3 Å². The molecule has 0 fully saturated rings. The zero-order chi connectivity index (χ0) is 19.8. The molecule has 9 heteroatoms. The van der Waals surface area contributed by atoms with Crippen LogP contribution < -0.4 is 9.62 Å². The molecule has 2 aromatic carbocycles. The molecular formula is C18H19N3O5S. The first-order chi connectivity index (χ1) is 12.7. The topological polar surface area (TPSA) is 110 Å². The fourth-order valence-electron chi connectivity index (χ4n) is 2.98. The molecule has 0 radical (unpaired) electrons. The lowest BCUT2D eigenvalue weighted by Crippen LogP contribution is -2.32. The number of nitro benzene ring substituents is 1. The molecule has 0 saturated heterocycles. The molecule has 27 heavy (non-hydrogen) atoms. The number of non-ortho nitro benzene ring substituents is 1. The second-order valence-electron chi connectivity index (χ2n) is 6.60. The fourth-order valence-corrected chi connectivity index (χ4v) is 4.07. The number of carbonyl (C=O) groups is 1.